The van der Waals surface area contributed by atoms with Crippen LogP contribution in [0.25, 0.3) is 22.0 Å². The van der Waals surface area contributed by atoms with Crippen LogP contribution in [0.5, 0.6) is 0 Å². The van der Waals surface area contributed by atoms with Crippen molar-refractivity contribution in [3.8, 4) is 11.3 Å². The van der Waals surface area contributed by atoms with Crippen molar-refractivity contribution < 1.29 is 13.6 Å². The number of benzene rings is 1. The van der Waals surface area contributed by atoms with Crippen molar-refractivity contribution >= 4 is 22.4 Å². The van der Waals surface area contributed by atoms with Gasteiger partial charge >= 0.3 is 0 Å². The van der Waals surface area contributed by atoms with Crippen LogP contribution in [0.4, 0.5) is 14.6 Å². The minimum Gasteiger partial charge on any atom is -0.366 e. The number of alkyl halides is 2. The van der Waals surface area contributed by atoms with Crippen LogP contribution in [-0.2, 0) is 11.2 Å². The number of nitrogens with zero attached hydrogens (tertiary/aromatic N) is 3. The van der Waals surface area contributed by atoms with Crippen molar-refractivity contribution in [2.45, 2.75) is 44.1 Å². The molecule has 5 rings (SSSR count). The number of pyridine rings is 1. The van der Waals surface area contributed by atoms with Gasteiger partial charge in [-0.1, -0.05) is 12.1 Å². The number of ketones is 1. The highest BCUT2D eigenvalue weighted by Crippen LogP contribution is 2.43. The monoisotopic (exact) mass is 437 g/mol. The number of hydrogen-bond donors (Lipinski definition) is 2. The second-order valence-electron chi connectivity index (χ2n) is 8.80. The number of hydrogen-bond acceptors (Lipinski definition) is 6. The molecule has 0 bridgehead atoms. The highest BCUT2D eigenvalue weighted by molar-refractivity contribution is 5.88. The third kappa shape index (κ3) is 4.60. The van der Waals surface area contributed by atoms with Crippen molar-refractivity contribution in [3.05, 3.63) is 48.5 Å². The molecule has 0 amide bonds. The van der Waals surface area contributed by atoms with E-state index in [1.807, 2.05) is 24.3 Å². The molecule has 8 heteroatoms. The van der Waals surface area contributed by atoms with Gasteiger partial charge in [0.25, 0.3) is 0 Å². The molecular weight excluding hydrogens is 412 g/mol. The highest BCUT2D eigenvalue weighted by atomic mass is 19.3. The van der Waals surface area contributed by atoms with Crippen molar-refractivity contribution in [1.82, 2.24) is 20.3 Å². The first-order chi connectivity index (χ1) is 15.4. The normalized spacial score (nSPS) is 18.9. The third-order valence-corrected chi connectivity index (χ3v) is 6.30. The quantitative estimate of drug-likeness (QED) is 0.607. The Morgan fingerprint density at radius 2 is 1.91 bits per heavy atom. The van der Waals surface area contributed by atoms with E-state index in [1.54, 1.807) is 18.6 Å². The molecule has 0 atom stereocenters. The number of anilines is 1. The first-order valence-electron chi connectivity index (χ1n) is 11.0. The fourth-order valence-electron chi connectivity index (χ4n) is 4.40. The molecule has 2 aromatic heterocycles. The van der Waals surface area contributed by atoms with Gasteiger partial charge in [0, 0.05) is 54.1 Å². The molecule has 3 aromatic rings. The van der Waals surface area contributed by atoms with Crippen LogP contribution in [0.2, 0.25) is 0 Å². The van der Waals surface area contributed by atoms with E-state index in [0.29, 0.717) is 11.7 Å². The fraction of sp³-hybridized carbons (Fsp3) is 0.417. The smallest absolute Gasteiger partial charge is 0.249 e. The third-order valence-electron chi connectivity index (χ3n) is 6.30. The van der Waals surface area contributed by atoms with Gasteiger partial charge in [0.1, 0.15) is 11.6 Å². The number of halogens is 2. The Hall–Kier alpha value is -3.00. The summed E-state index contributed by atoms with van der Waals surface area (Å²) in [6.45, 7) is 2.00. The summed E-state index contributed by atoms with van der Waals surface area (Å²) in [6, 6.07) is 8.19. The molecule has 1 aliphatic heterocycles. The highest BCUT2D eigenvalue weighted by Gasteiger charge is 2.48. The number of carbonyl (C=O) groups is 1. The van der Waals surface area contributed by atoms with E-state index in [2.05, 4.69) is 20.6 Å². The molecule has 1 saturated heterocycles. The fourth-order valence-corrected chi connectivity index (χ4v) is 4.40. The van der Waals surface area contributed by atoms with E-state index in [0.717, 1.165) is 53.8 Å². The van der Waals surface area contributed by atoms with E-state index < -0.39 is 11.8 Å². The Morgan fingerprint density at radius 1 is 1.09 bits per heavy atom. The standard InChI is InChI=1S/C24H25F2N5O/c25-24(26)10-18(11-24)22(32)9-20-8-17-7-15(1-2-16(17)12-29-20)21-13-28-14-23(31-21)30-19-3-5-27-6-4-19/h1-2,7-8,12-14,18-19,27H,3-6,9-11H2,(H,30,31). The Bertz CT molecular complexity index is 1140. The number of piperidine rings is 1. The summed E-state index contributed by atoms with van der Waals surface area (Å²) in [5, 5.41) is 8.69. The van der Waals surface area contributed by atoms with Gasteiger partial charge in [-0.15, -0.1) is 0 Å². The predicted molar refractivity (Wildman–Crippen MR) is 119 cm³/mol. The molecule has 32 heavy (non-hydrogen) atoms. The summed E-state index contributed by atoms with van der Waals surface area (Å²) >= 11 is 0. The number of fused-ring (bicyclic) bond motifs is 1. The van der Waals surface area contributed by atoms with Crippen molar-refractivity contribution in [3.63, 3.8) is 0 Å². The maximum atomic E-state index is 13.1. The van der Waals surface area contributed by atoms with Crippen LogP contribution in [0.15, 0.2) is 42.9 Å². The summed E-state index contributed by atoms with van der Waals surface area (Å²) in [4.78, 5) is 25.7. The zero-order valence-corrected chi connectivity index (χ0v) is 17.7. The average molecular weight is 437 g/mol. The maximum absolute atomic E-state index is 13.1. The van der Waals surface area contributed by atoms with Crippen molar-refractivity contribution in [1.29, 1.82) is 0 Å². The summed E-state index contributed by atoms with van der Waals surface area (Å²) in [5.74, 6) is -2.65. The lowest BCUT2D eigenvalue weighted by Crippen LogP contribution is -2.40. The lowest BCUT2D eigenvalue weighted by molar-refractivity contribution is -0.147. The zero-order valence-electron chi connectivity index (χ0n) is 17.7. The summed E-state index contributed by atoms with van der Waals surface area (Å²) in [7, 11) is 0. The second kappa shape index (κ2) is 8.50. The summed E-state index contributed by atoms with van der Waals surface area (Å²) in [5.41, 5.74) is 2.28. The minimum atomic E-state index is -2.69. The predicted octanol–water partition coefficient (Wildman–Crippen LogP) is 4.01. The van der Waals surface area contributed by atoms with Gasteiger partial charge in [-0.25, -0.2) is 13.8 Å². The van der Waals surface area contributed by atoms with Gasteiger partial charge in [0.15, 0.2) is 0 Å². The van der Waals surface area contributed by atoms with Crippen LogP contribution in [0.1, 0.15) is 31.4 Å². The van der Waals surface area contributed by atoms with Crippen molar-refractivity contribution in [2.75, 3.05) is 18.4 Å². The molecule has 0 unspecified atom stereocenters. The molecule has 0 spiro atoms. The zero-order chi connectivity index (χ0) is 22.1. The Labute approximate surface area is 184 Å². The van der Waals surface area contributed by atoms with Gasteiger partial charge < -0.3 is 10.6 Å². The topological polar surface area (TPSA) is 79.8 Å². The molecule has 2 aliphatic rings. The van der Waals surface area contributed by atoms with E-state index in [4.69, 9.17) is 4.98 Å². The van der Waals surface area contributed by atoms with Crippen LogP contribution < -0.4 is 10.6 Å². The summed E-state index contributed by atoms with van der Waals surface area (Å²) in [6.07, 6.45) is 6.69. The van der Waals surface area contributed by atoms with Crippen molar-refractivity contribution in [2.24, 2.45) is 5.92 Å². The Balaban J connectivity index is 1.33. The molecule has 2 N–H and O–H groups in total. The molecule has 6 nitrogen and oxygen atoms in total. The first-order valence-corrected chi connectivity index (χ1v) is 11.0. The van der Waals surface area contributed by atoms with Crippen LogP contribution in [-0.4, -0.2) is 45.8 Å². The van der Waals surface area contributed by atoms with Gasteiger partial charge in [0.05, 0.1) is 18.1 Å². The molecule has 2 fully saturated rings. The van der Waals surface area contributed by atoms with E-state index in [1.165, 1.54) is 0 Å². The van der Waals surface area contributed by atoms with E-state index >= 15 is 0 Å². The van der Waals surface area contributed by atoms with Gasteiger partial charge in [0.2, 0.25) is 5.92 Å². The number of carbonyl (C=O) groups excluding carboxylic acids is 1. The molecule has 1 aliphatic carbocycles. The Kier molecular flexibility index (Phi) is 5.55. The molecule has 3 heterocycles. The van der Waals surface area contributed by atoms with Crippen LogP contribution in [0.3, 0.4) is 0 Å². The minimum absolute atomic E-state index is 0.0797. The van der Waals surface area contributed by atoms with Gasteiger partial charge in [-0.05, 0) is 43.5 Å². The van der Waals surface area contributed by atoms with Gasteiger partial charge in [-0.3, -0.25) is 14.8 Å². The lowest BCUT2D eigenvalue weighted by Gasteiger charge is -2.33. The van der Waals surface area contributed by atoms with E-state index in [-0.39, 0.29) is 25.0 Å². The van der Waals surface area contributed by atoms with Crippen LogP contribution in [0, 0.1) is 5.92 Å². The van der Waals surface area contributed by atoms with Gasteiger partial charge in [-0.2, -0.15) is 0 Å². The number of aromatic nitrogens is 3. The molecule has 1 aromatic carbocycles. The second-order valence-corrected chi connectivity index (χ2v) is 8.80. The summed E-state index contributed by atoms with van der Waals surface area (Å²) < 4.78 is 26.1. The Morgan fingerprint density at radius 3 is 2.69 bits per heavy atom. The largest absolute Gasteiger partial charge is 0.366 e. The maximum Gasteiger partial charge on any atom is 0.249 e. The first kappa shape index (κ1) is 20.9. The molecule has 1 saturated carbocycles. The molecular formula is C24H25F2N5O. The number of rotatable bonds is 6. The SMILES string of the molecule is O=C(Cc1cc2cc(-c3cncc(NC4CCNCC4)n3)ccc2cn1)C1CC(F)(F)C1. The lowest BCUT2D eigenvalue weighted by atomic mass is 9.77. The van der Waals surface area contributed by atoms with Crippen LogP contribution >= 0.6 is 0 Å². The molecule has 166 valence electrons. The molecule has 0 radical (unpaired) electrons. The number of nitrogens with one attached hydrogen (secondary N) is 2. The average Bonchev–Trinajstić information content (AvgIpc) is 2.78. The number of Topliss-reactive ketones (excluding diaryl/α,β-unsaturated/α-hetero) is 1. The van der Waals surface area contributed by atoms with E-state index in [9.17, 15) is 13.6 Å².